The van der Waals surface area contributed by atoms with Gasteiger partial charge in [-0.15, -0.1) is 0 Å². The van der Waals surface area contributed by atoms with Crippen LogP contribution in [0.1, 0.15) is 127 Å². The largest absolute Gasteiger partial charge is 0.464 e. The molecule has 4 unspecified atom stereocenters. The number of nitrogens with zero attached hydrogens (tertiary/aromatic N) is 3. The molecule has 0 spiro atoms. The standard InChI is InChI=1S/C61H106N8O15/c1-18-41(6)53(68(14)57(76)51(39(2)3)65-56(75)52(40(4)5)67(12)13)47(79-15)32-49(73)69-30-22-26-46(69)54(81-17)42(7)55(74)66-61(38-71,33-44-24-20-19-21-25-44)37-62-28-23-31-82-58(77)43(8)64-48(72)27-29-63-59(78)83-36-50(80-16)84-45(35-70)34-60(9,10)11/h19-21,24-25,38-43,45-47,50-54,62,70H,18,22-23,26-37H2,1-17H3,(H,63,78)(H,64,72)(H,65,75)(H,66,74)/t41-,42+,43?,45?,46-,47+,50?,51-,52-,53-,54+,61?/m0/s1. The number of likely N-dealkylation sites (tertiary alicyclic amines) is 1. The molecule has 1 aliphatic heterocycles. The molecular formula is C61H106N8O15. The molecule has 0 aromatic heterocycles. The predicted molar refractivity (Wildman–Crippen MR) is 319 cm³/mol. The minimum Gasteiger partial charge on any atom is -0.464 e. The van der Waals surface area contributed by atoms with Crippen molar-refractivity contribution in [3.05, 3.63) is 35.9 Å². The quantitative estimate of drug-likeness (QED) is 0.0236. The van der Waals surface area contributed by atoms with Crippen LogP contribution in [0.25, 0.3) is 0 Å². The number of nitrogens with one attached hydrogen (secondary N) is 5. The molecule has 480 valence electrons. The third-order valence-electron chi connectivity index (χ3n) is 15.4. The fraction of sp³-hybridized carbons (Fsp3) is 0.770. The monoisotopic (exact) mass is 1190 g/mol. The number of hydrogen-bond acceptors (Lipinski definition) is 17. The van der Waals surface area contributed by atoms with Crippen LogP contribution in [-0.2, 0) is 68.4 Å². The van der Waals surface area contributed by atoms with Crippen molar-refractivity contribution in [1.82, 2.24) is 41.3 Å². The van der Waals surface area contributed by atoms with Crippen molar-refractivity contribution in [2.24, 2.45) is 29.1 Å². The van der Waals surface area contributed by atoms with Crippen LogP contribution < -0.4 is 26.6 Å². The Morgan fingerprint density at radius 3 is 2.07 bits per heavy atom. The predicted octanol–water partition coefficient (Wildman–Crippen LogP) is 3.86. The molecular weight excluding hydrogens is 1080 g/mol. The first-order valence-corrected chi connectivity index (χ1v) is 29.8. The lowest BCUT2D eigenvalue weighted by atomic mass is 9.88. The zero-order chi connectivity index (χ0) is 63.5. The van der Waals surface area contributed by atoms with Crippen LogP contribution >= 0.6 is 0 Å². The molecule has 1 aliphatic rings. The highest BCUT2D eigenvalue weighted by Gasteiger charge is 2.44. The fourth-order valence-corrected chi connectivity index (χ4v) is 10.9. The maximum absolute atomic E-state index is 14.6. The molecule has 2 rings (SSSR count). The Morgan fingerprint density at radius 2 is 1.52 bits per heavy atom. The molecule has 0 radical (unpaired) electrons. The molecule has 0 bridgehead atoms. The summed E-state index contributed by atoms with van der Waals surface area (Å²) in [6.07, 6.45) is -0.282. The van der Waals surface area contributed by atoms with Gasteiger partial charge in [-0.05, 0) is 82.0 Å². The van der Waals surface area contributed by atoms with E-state index in [1.54, 1.807) is 23.8 Å². The van der Waals surface area contributed by atoms with Gasteiger partial charge in [0.05, 0.1) is 62.0 Å². The van der Waals surface area contributed by atoms with Gasteiger partial charge in [-0.3, -0.25) is 28.9 Å². The van der Waals surface area contributed by atoms with Crippen molar-refractivity contribution in [3.8, 4) is 0 Å². The number of amides is 6. The van der Waals surface area contributed by atoms with Crippen molar-refractivity contribution in [2.75, 3.05) is 88.5 Å². The van der Waals surface area contributed by atoms with Gasteiger partial charge in [0.15, 0.2) is 6.29 Å². The summed E-state index contributed by atoms with van der Waals surface area (Å²) in [7, 11) is 9.80. The average molecular weight is 1190 g/mol. The molecule has 23 nitrogen and oxygen atoms in total. The van der Waals surface area contributed by atoms with E-state index in [-0.39, 0.29) is 99.6 Å². The van der Waals surface area contributed by atoms with Crippen molar-refractivity contribution < 1.29 is 71.9 Å². The lowest BCUT2D eigenvalue weighted by Gasteiger charge is -2.41. The molecule has 1 saturated heterocycles. The molecule has 1 fully saturated rings. The average Bonchev–Trinajstić information content (AvgIpc) is 4.02. The van der Waals surface area contributed by atoms with Crippen molar-refractivity contribution in [3.63, 3.8) is 0 Å². The number of hydrogen-bond donors (Lipinski definition) is 6. The van der Waals surface area contributed by atoms with Gasteiger partial charge in [0.25, 0.3) is 0 Å². The fourth-order valence-electron chi connectivity index (χ4n) is 10.9. The van der Waals surface area contributed by atoms with Gasteiger partial charge in [0.2, 0.25) is 29.5 Å². The SMILES string of the molecule is CC[C@H](C)[C@@H]([C@@H](CC(=O)N1CCC[C@H]1[C@H](OC)[C@@H](C)C(=O)NC(C=O)(CNCCCOC(=O)C(C)NC(=O)CCNC(=O)OCC(OC)OC(CO)CC(C)(C)C)Cc1ccccc1)OC)N(C)C(=O)[C@@H](NC(=O)[C@H](C(C)C)N(C)C)C(C)C. The molecule has 1 aromatic carbocycles. The van der Waals surface area contributed by atoms with Crippen molar-refractivity contribution in [1.29, 1.82) is 0 Å². The molecule has 6 N–H and O–H groups in total. The van der Waals surface area contributed by atoms with Gasteiger partial charge in [0, 0.05) is 60.9 Å². The second-order valence-electron chi connectivity index (χ2n) is 24.5. The van der Waals surface area contributed by atoms with Crippen LogP contribution in [0.4, 0.5) is 4.79 Å². The van der Waals surface area contributed by atoms with Gasteiger partial charge in [-0.1, -0.05) is 106 Å². The summed E-state index contributed by atoms with van der Waals surface area (Å²) in [5.74, 6) is -3.54. The molecule has 84 heavy (non-hydrogen) atoms. The summed E-state index contributed by atoms with van der Waals surface area (Å²) in [5.41, 5.74) is -0.740. The first-order valence-electron chi connectivity index (χ1n) is 29.8. The summed E-state index contributed by atoms with van der Waals surface area (Å²) in [6, 6.07) is 5.97. The van der Waals surface area contributed by atoms with Crippen LogP contribution in [0.2, 0.25) is 0 Å². The van der Waals surface area contributed by atoms with E-state index in [0.717, 1.165) is 5.56 Å². The number of aliphatic hydroxyl groups is 1. The van der Waals surface area contributed by atoms with E-state index in [1.807, 2.05) is 112 Å². The molecule has 0 aliphatic carbocycles. The molecule has 0 saturated carbocycles. The number of benzene rings is 1. The van der Waals surface area contributed by atoms with Gasteiger partial charge in [-0.25, -0.2) is 9.59 Å². The zero-order valence-electron chi connectivity index (χ0n) is 53.6. The Kier molecular flexibility index (Phi) is 33.2. The van der Waals surface area contributed by atoms with Crippen LogP contribution in [0, 0.1) is 29.1 Å². The number of methoxy groups -OCH3 is 3. The first kappa shape index (κ1) is 74.8. The minimum atomic E-state index is -1.42. The number of rotatable bonds is 39. The molecule has 1 heterocycles. The lowest BCUT2D eigenvalue weighted by Crippen LogP contribution is -2.61. The van der Waals surface area contributed by atoms with E-state index in [4.69, 9.17) is 28.4 Å². The van der Waals surface area contributed by atoms with Crippen LogP contribution in [-0.4, -0.2) is 217 Å². The summed E-state index contributed by atoms with van der Waals surface area (Å²) in [4.78, 5) is 113. The van der Waals surface area contributed by atoms with Crippen LogP contribution in [0.3, 0.4) is 0 Å². The second kappa shape index (κ2) is 37.3. The van der Waals surface area contributed by atoms with Gasteiger partial charge in [0.1, 0.15) is 30.5 Å². The maximum atomic E-state index is 14.6. The smallest absolute Gasteiger partial charge is 0.407 e. The Bertz CT molecular complexity index is 2170. The van der Waals surface area contributed by atoms with Crippen LogP contribution in [0.15, 0.2) is 30.3 Å². The van der Waals surface area contributed by atoms with E-state index >= 15 is 0 Å². The molecule has 6 amide bonds. The summed E-state index contributed by atoms with van der Waals surface area (Å²) < 4.78 is 33.7. The number of alkyl carbamates (subject to hydrolysis) is 1. The van der Waals surface area contributed by atoms with E-state index in [0.29, 0.717) is 44.9 Å². The van der Waals surface area contributed by atoms with E-state index < -0.39 is 90.1 Å². The summed E-state index contributed by atoms with van der Waals surface area (Å²) in [6.45, 7) is 21.1. The Balaban J connectivity index is 2.08. The third-order valence-corrected chi connectivity index (χ3v) is 15.4. The topological polar surface area (TPSA) is 282 Å². The molecule has 12 atom stereocenters. The highest BCUT2D eigenvalue weighted by atomic mass is 16.7. The lowest BCUT2D eigenvalue weighted by molar-refractivity contribution is -0.187. The first-order chi connectivity index (χ1) is 39.5. The minimum absolute atomic E-state index is 0.00199. The Labute approximate surface area is 500 Å². The Morgan fingerprint density at radius 1 is 0.857 bits per heavy atom. The van der Waals surface area contributed by atoms with Crippen molar-refractivity contribution in [2.45, 2.75) is 188 Å². The van der Waals surface area contributed by atoms with E-state index in [1.165, 1.54) is 28.3 Å². The van der Waals surface area contributed by atoms with Gasteiger partial charge < -0.3 is 74.7 Å². The highest BCUT2D eigenvalue weighted by Crippen LogP contribution is 2.30. The number of aldehydes is 1. The molecule has 23 heteroatoms. The Hall–Kier alpha value is -5.30. The second-order valence-corrected chi connectivity index (χ2v) is 24.5. The summed E-state index contributed by atoms with van der Waals surface area (Å²) >= 11 is 0. The van der Waals surface area contributed by atoms with E-state index in [2.05, 4.69) is 26.6 Å². The molecule has 1 aromatic rings. The maximum Gasteiger partial charge on any atom is 0.407 e. The van der Waals surface area contributed by atoms with Crippen molar-refractivity contribution >= 4 is 47.9 Å². The number of aliphatic hydroxyl groups excluding tert-OH is 1. The summed E-state index contributed by atoms with van der Waals surface area (Å²) in [5, 5.41) is 24.0. The number of carbonyl (C=O) groups is 8. The number of likely N-dealkylation sites (N-methyl/N-ethyl adjacent to an activating group) is 2. The van der Waals surface area contributed by atoms with Gasteiger partial charge >= 0.3 is 12.1 Å². The van der Waals surface area contributed by atoms with E-state index in [9.17, 15) is 43.5 Å². The third kappa shape index (κ3) is 24.6. The van der Waals surface area contributed by atoms with Crippen LogP contribution in [0.5, 0.6) is 0 Å². The highest BCUT2D eigenvalue weighted by molar-refractivity contribution is 5.90. The number of ether oxygens (including phenoxy) is 6. The number of carbonyl (C=O) groups excluding carboxylic acids is 8. The normalized spacial score (nSPS) is 18.0. The number of esters is 1. The van der Waals surface area contributed by atoms with Gasteiger partial charge in [-0.2, -0.15) is 0 Å². The zero-order valence-corrected chi connectivity index (χ0v) is 53.6.